The number of aromatic nitrogens is 4. The molecule has 1 N–H and O–H groups in total. The number of carbonyl (C=O) groups excluding carboxylic acids is 1. The highest BCUT2D eigenvalue weighted by Crippen LogP contribution is 2.44. The smallest absolute Gasteiger partial charge is 0.308 e. The third-order valence-corrected chi connectivity index (χ3v) is 5.83. The second kappa shape index (κ2) is 8.49. The van der Waals surface area contributed by atoms with E-state index in [9.17, 15) is 4.79 Å². The number of aryl methyl sites for hydroxylation is 1. The van der Waals surface area contributed by atoms with Gasteiger partial charge >= 0.3 is 5.97 Å². The van der Waals surface area contributed by atoms with Crippen molar-refractivity contribution < 1.29 is 14.3 Å². The summed E-state index contributed by atoms with van der Waals surface area (Å²) < 4.78 is 13.1. The number of methoxy groups -OCH3 is 1. The van der Waals surface area contributed by atoms with Gasteiger partial charge in [-0.25, -0.2) is 4.98 Å². The molecule has 4 rings (SSSR count). The molecule has 0 spiro atoms. The Morgan fingerprint density at radius 3 is 2.83 bits per heavy atom. The molecule has 0 saturated heterocycles. The van der Waals surface area contributed by atoms with E-state index < -0.39 is 0 Å². The SMILES string of the molecule is CNCc1c(-c2ccc(O[C@H]3CCC[C@H](C(=O)OC)C3)c(C3CC3)n2)nnn1C. The first-order chi connectivity index (χ1) is 14.1. The monoisotopic (exact) mass is 399 g/mol. The lowest BCUT2D eigenvalue weighted by molar-refractivity contribution is -0.147. The van der Waals surface area contributed by atoms with Gasteiger partial charge in [0.1, 0.15) is 11.4 Å². The van der Waals surface area contributed by atoms with Crippen LogP contribution in [0.3, 0.4) is 0 Å². The van der Waals surface area contributed by atoms with Gasteiger partial charge in [0, 0.05) is 19.5 Å². The van der Waals surface area contributed by atoms with Crippen molar-refractivity contribution in [2.45, 2.75) is 57.1 Å². The lowest BCUT2D eigenvalue weighted by atomic mass is 9.87. The number of rotatable bonds is 7. The zero-order valence-electron chi connectivity index (χ0n) is 17.4. The summed E-state index contributed by atoms with van der Waals surface area (Å²) in [6, 6.07) is 3.97. The van der Waals surface area contributed by atoms with Gasteiger partial charge in [-0.05, 0) is 57.7 Å². The molecule has 156 valence electrons. The molecule has 29 heavy (non-hydrogen) atoms. The van der Waals surface area contributed by atoms with Gasteiger partial charge in [-0.1, -0.05) is 5.21 Å². The first kappa shape index (κ1) is 19.8. The van der Waals surface area contributed by atoms with Crippen LogP contribution < -0.4 is 10.1 Å². The van der Waals surface area contributed by atoms with E-state index in [-0.39, 0.29) is 18.0 Å². The summed E-state index contributed by atoms with van der Waals surface area (Å²) in [6.45, 7) is 0.675. The lowest BCUT2D eigenvalue weighted by Crippen LogP contribution is -2.30. The first-order valence-electron chi connectivity index (χ1n) is 10.4. The van der Waals surface area contributed by atoms with E-state index in [2.05, 4.69) is 15.6 Å². The molecule has 2 aromatic rings. The van der Waals surface area contributed by atoms with Crippen LogP contribution in [0.25, 0.3) is 11.4 Å². The lowest BCUT2D eigenvalue weighted by Gasteiger charge is -2.28. The van der Waals surface area contributed by atoms with Crippen LogP contribution in [0, 0.1) is 5.92 Å². The van der Waals surface area contributed by atoms with Crippen molar-refractivity contribution in [1.29, 1.82) is 0 Å². The molecule has 0 radical (unpaired) electrons. The van der Waals surface area contributed by atoms with E-state index in [4.69, 9.17) is 14.5 Å². The van der Waals surface area contributed by atoms with Crippen molar-refractivity contribution >= 4 is 5.97 Å². The molecule has 2 aliphatic carbocycles. The maximum atomic E-state index is 11.9. The van der Waals surface area contributed by atoms with E-state index in [0.29, 0.717) is 18.9 Å². The van der Waals surface area contributed by atoms with Crippen LogP contribution in [0.1, 0.15) is 55.8 Å². The van der Waals surface area contributed by atoms with Gasteiger partial charge in [-0.3, -0.25) is 9.48 Å². The zero-order valence-corrected chi connectivity index (χ0v) is 17.4. The summed E-state index contributed by atoms with van der Waals surface area (Å²) in [5.41, 5.74) is 3.64. The van der Waals surface area contributed by atoms with Gasteiger partial charge in [-0.15, -0.1) is 5.10 Å². The quantitative estimate of drug-likeness (QED) is 0.716. The third kappa shape index (κ3) is 4.27. The minimum atomic E-state index is -0.131. The molecule has 0 bridgehead atoms. The second-order valence-electron chi connectivity index (χ2n) is 8.02. The Balaban J connectivity index is 1.57. The average Bonchev–Trinajstić information content (AvgIpc) is 3.52. The van der Waals surface area contributed by atoms with E-state index >= 15 is 0 Å². The molecular formula is C21H29N5O3. The maximum Gasteiger partial charge on any atom is 0.308 e. The summed E-state index contributed by atoms with van der Waals surface area (Å²) in [4.78, 5) is 16.9. The number of carbonyl (C=O) groups is 1. The number of hydrogen-bond acceptors (Lipinski definition) is 7. The molecule has 2 atom stereocenters. The van der Waals surface area contributed by atoms with Crippen LogP contribution in [0.15, 0.2) is 12.1 Å². The molecule has 2 heterocycles. The average molecular weight is 399 g/mol. The Morgan fingerprint density at radius 2 is 2.10 bits per heavy atom. The van der Waals surface area contributed by atoms with Crippen LogP contribution in [-0.2, 0) is 23.1 Å². The molecule has 2 aromatic heterocycles. The summed E-state index contributed by atoms with van der Waals surface area (Å²) in [6.07, 6.45) is 5.79. The number of nitrogens with zero attached hydrogens (tertiary/aromatic N) is 4. The summed E-state index contributed by atoms with van der Waals surface area (Å²) in [5, 5.41) is 11.7. The number of nitrogens with one attached hydrogen (secondary N) is 1. The summed E-state index contributed by atoms with van der Waals surface area (Å²) in [7, 11) is 5.25. The Labute approximate surface area is 171 Å². The van der Waals surface area contributed by atoms with Crippen LogP contribution in [0.4, 0.5) is 0 Å². The van der Waals surface area contributed by atoms with Crippen molar-refractivity contribution in [3.63, 3.8) is 0 Å². The predicted octanol–water partition coefficient (Wildman–Crippen LogP) is 2.58. The second-order valence-corrected chi connectivity index (χ2v) is 8.02. The fourth-order valence-corrected chi connectivity index (χ4v) is 4.10. The van der Waals surface area contributed by atoms with E-state index in [1.165, 1.54) is 7.11 Å². The molecule has 0 amide bonds. The molecule has 0 aliphatic heterocycles. The van der Waals surface area contributed by atoms with Gasteiger partial charge < -0.3 is 14.8 Å². The number of hydrogen-bond donors (Lipinski definition) is 1. The summed E-state index contributed by atoms with van der Waals surface area (Å²) in [5.74, 6) is 1.08. The fourth-order valence-electron chi connectivity index (χ4n) is 4.10. The van der Waals surface area contributed by atoms with Gasteiger partial charge in [0.05, 0.1) is 36.2 Å². The number of ether oxygens (including phenoxy) is 2. The minimum Gasteiger partial charge on any atom is -0.488 e. The van der Waals surface area contributed by atoms with Gasteiger partial charge in [0.25, 0.3) is 0 Å². The molecule has 0 unspecified atom stereocenters. The van der Waals surface area contributed by atoms with Crippen LogP contribution in [-0.4, -0.2) is 46.2 Å². The Bertz CT molecular complexity index is 877. The van der Waals surface area contributed by atoms with E-state index in [0.717, 1.165) is 60.6 Å². The first-order valence-corrected chi connectivity index (χ1v) is 10.4. The zero-order chi connectivity index (χ0) is 20.4. The maximum absolute atomic E-state index is 11.9. The van der Waals surface area contributed by atoms with Gasteiger partial charge in [0.2, 0.25) is 0 Å². The highest BCUT2D eigenvalue weighted by molar-refractivity contribution is 5.72. The van der Waals surface area contributed by atoms with Crippen LogP contribution in [0.2, 0.25) is 0 Å². The molecule has 2 saturated carbocycles. The van der Waals surface area contributed by atoms with Crippen LogP contribution in [0.5, 0.6) is 5.75 Å². The summed E-state index contributed by atoms with van der Waals surface area (Å²) >= 11 is 0. The highest BCUT2D eigenvalue weighted by atomic mass is 16.5. The van der Waals surface area contributed by atoms with Gasteiger partial charge in [0.15, 0.2) is 0 Å². The fraction of sp³-hybridized carbons (Fsp3) is 0.619. The molecule has 8 nitrogen and oxygen atoms in total. The minimum absolute atomic E-state index is 0.0226. The van der Waals surface area contributed by atoms with Crippen molar-refractivity contribution in [3.8, 4) is 17.1 Å². The topological polar surface area (TPSA) is 91.2 Å². The molecule has 8 heteroatoms. The largest absolute Gasteiger partial charge is 0.488 e. The van der Waals surface area contributed by atoms with Crippen molar-refractivity contribution in [1.82, 2.24) is 25.3 Å². The number of pyridine rings is 1. The third-order valence-electron chi connectivity index (χ3n) is 5.83. The van der Waals surface area contributed by atoms with Gasteiger partial charge in [-0.2, -0.15) is 0 Å². The molecule has 2 aliphatic rings. The number of esters is 1. The Kier molecular flexibility index (Phi) is 5.80. The van der Waals surface area contributed by atoms with Crippen LogP contribution >= 0.6 is 0 Å². The molecule has 2 fully saturated rings. The predicted molar refractivity (Wildman–Crippen MR) is 107 cm³/mol. The molecule has 0 aromatic carbocycles. The normalized spacial score (nSPS) is 21.8. The highest BCUT2D eigenvalue weighted by Gasteiger charge is 2.33. The van der Waals surface area contributed by atoms with Crippen molar-refractivity contribution in [3.05, 3.63) is 23.5 Å². The standard InChI is InChI=1S/C21H29N5O3/c1-22-12-17-20(24-25-26(17)2)16-9-10-18(19(23-16)13-7-8-13)29-15-6-4-5-14(11-15)21(27)28-3/h9-10,13-15,22H,4-8,11-12H2,1-3H3/t14-,15-/m0/s1. The Morgan fingerprint density at radius 1 is 1.28 bits per heavy atom. The van der Waals surface area contributed by atoms with E-state index in [1.54, 1.807) is 4.68 Å². The Hall–Kier alpha value is -2.48. The van der Waals surface area contributed by atoms with Crippen molar-refractivity contribution in [2.75, 3.05) is 14.2 Å². The van der Waals surface area contributed by atoms with Crippen molar-refractivity contribution in [2.24, 2.45) is 13.0 Å². The van der Waals surface area contributed by atoms with E-state index in [1.807, 2.05) is 26.2 Å². The molecular weight excluding hydrogens is 370 g/mol.